The van der Waals surface area contributed by atoms with Crippen molar-refractivity contribution < 1.29 is 9.15 Å². The molecule has 4 rings (SSSR count). The SMILES string of the molecule is CCCCCn1c(=O)c2cc(OC)ccc2c2cc3c(C)cc(=O)oc3cc21. The number of nitrogens with zero attached hydrogens (tertiary/aromatic N) is 1. The molecule has 28 heavy (non-hydrogen) atoms. The molecular formula is C23H23NO4. The van der Waals surface area contributed by atoms with Crippen molar-refractivity contribution in [1.82, 2.24) is 4.57 Å². The van der Waals surface area contributed by atoms with Crippen LogP contribution < -0.4 is 15.9 Å². The van der Waals surface area contributed by atoms with Crippen molar-refractivity contribution in [2.75, 3.05) is 7.11 Å². The monoisotopic (exact) mass is 377 g/mol. The minimum atomic E-state index is -0.380. The van der Waals surface area contributed by atoms with Crippen molar-refractivity contribution in [1.29, 1.82) is 0 Å². The number of hydrogen-bond acceptors (Lipinski definition) is 4. The van der Waals surface area contributed by atoms with E-state index in [1.165, 1.54) is 6.07 Å². The normalized spacial score (nSPS) is 11.5. The molecule has 2 aromatic heterocycles. The number of ether oxygens (including phenoxy) is 1. The highest BCUT2D eigenvalue weighted by atomic mass is 16.5. The Morgan fingerprint density at radius 1 is 0.964 bits per heavy atom. The molecule has 0 radical (unpaired) electrons. The van der Waals surface area contributed by atoms with E-state index in [1.54, 1.807) is 17.7 Å². The van der Waals surface area contributed by atoms with Gasteiger partial charge in [0.1, 0.15) is 11.3 Å². The van der Waals surface area contributed by atoms with E-state index in [9.17, 15) is 9.59 Å². The van der Waals surface area contributed by atoms with Gasteiger partial charge >= 0.3 is 5.63 Å². The van der Waals surface area contributed by atoms with Crippen molar-refractivity contribution in [3.63, 3.8) is 0 Å². The number of benzene rings is 2. The quantitative estimate of drug-likeness (QED) is 0.218. The third-order valence-electron chi connectivity index (χ3n) is 5.34. The Morgan fingerprint density at radius 3 is 2.54 bits per heavy atom. The van der Waals surface area contributed by atoms with E-state index in [2.05, 4.69) is 6.92 Å². The Morgan fingerprint density at radius 2 is 1.79 bits per heavy atom. The molecule has 2 aromatic carbocycles. The number of fused-ring (bicyclic) bond motifs is 4. The van der Waals surface area contributed by atoms with E-state index in [-0.39, 0.29) is 11.2 Å². The Hall–Kier alpha value is -3.08. The molecule has 144 valence electrons. The van der Waals surface area contributed by atoms with Gasteiger partial charge in [-0.3, -0.25) is 4.79 Å². The summed E-state index contributed by atoms with van der Waals surface area (Å²) in [4.78, 5) is 25.1. The maximum Gasteiger partial charge on any atom is 0.336 e. The molecule has 5 heteroatoms. The zero-order valence-corrected chi connectivity index (χ0v) is 16.4. The molecule has 0 unspecified atom stereocenters. The smallest absolute Gasteiger partial charge is 0.336 e. The molecular weight excluding hydrogens is 354 g/mol. The van der Waals surface area contributed by atoms with Crippen LogP contribution in [0, 0.1) is 6.92 Å². The lowest BCUT2D eigenvalue weighted by Gasteiger charge is -2.15. The van der Waals surface area contributed by atoms with Crippen molar-refractivity contribution in [3.8, 4) is 5.75 Å². The standard InChI is InChI=1S/C23H23NO4/c1-4-5-6-9-24-20-13-21-17(14(2)10-22(25)28-21)12-18(20)16-8-7-15(27-3)11-19(16)23(24)26/h7-8,10-13H,4-6,9H2,1-3H3. The summed E-state index contributed by atoms with van der Waals surface area (Å²) in [5.41, 5.74) is 1.73. The molecule has 0 aliphatic rings. The summed E-state index contributed by atoms with van der Waals surface area (Å²) in [5, 5.41) is 3.36. The van der Waals surface area contributed by atoms with Crippen LogP contribution in [0.4, 0.5) is 0 Å². The van der Waals surface area contributed by atoms with Gasteiger partial charge in [0.15, 0.2) is 0 Å². The fourth-order valence-corrected chi connectivity index (χ4v) is 3.85. The summed E-state index contributed by atoms with van der Waals surface area (Å²) in [6.07, 6.45) is 3.04. The lowest BCUT2D eigenvalue weighted by Crippen LogP contribution is -2.21. The molecule has 0 bridgehead atoms. The third-order valence-corrected chi connectivity index (χ3v) is 5.34. The molecule has 4 aromatic rings. The van der Waals surface area contributed by atoms with Gasteiger partial charge in [0.05, 0.1) is 18.0 Å². The molecule has 5 nitrogen and oxygen atoms in total. The molecule has 0 saturated heterocycles. The fraction of sp³-hybridized carbons (Fsp3) is 0.304. The molecule has 0 amide bonds. The number of unbranched alkanes of at least 4 members (excludes halogenated alkanes) is 2. The first-order valence-corrected chi connectivity index (χ1v) is 9.62. The van der Waals surface area contributed by atoms with E-state index in [4.69, 9.17) is 9.15 Å². The zero-order valence-electron chi connectivity index (χ0n) is 16.4. The lowest BCUT2D eigenvalue weighted by atomic mass is 10.0. The number of hydrogen-bond donors (Lipinski definition) is 0. The summed E-state index contributed by atoms with van der Waals surface area (Å²) in [6, 6.07) is 10.9. The zero-order chi connectivity index (χ0) is 19.8. The highest BCUT2D eigenvalue weighted by Crippen LogP contribution is 2.30. The number of pyridine rings is 1. The second-order valence-corrected chi connectivity index (χ2v) is 7.19. The predicted molar refractivity (Wildman–Crippen MR) is 113 cm³/mol. The van der Waals surface area contributed by atoms with Crippen LogP contribution >= 0.6 is 0 Å². The van der Waals surface area contributed by atoms with E-state index in [0.29, 0.717) is 23.3 Å². The molecule has 0 fully saturated rings. The average Bonchev–Trinajstić information content (AvgIpc) is 2.69. The molecule has 0 N–H and O–H groups in total. The van der Waals surface area contributed by atoms with Gasteiger partial charge in [-0.1, -0.05) is 19.8 Å². The van der Waals surface area contributed by atoms with Gasteiger partial charge < -0.3 is 13.7 Å². The Kier molecular flexibility index (Phi) is 4.67. The minimum absolute atomic E-state index is 0.0492. The molecule has 0 atom stereocenters. The summed E-state index contributed by atoms with van der Waals surface area (Å²) < 4.78 is 12.6. The molecule has 0 aliphatic carbocycles. The summed E-state index contributed by atoms with van der Waals surface area (Å²) in [5.74, 6) is 0.659. The number of rotatable bonds is 5. The molecule has 0 spiro atoms. The van der Waals surface area contributed by atoms with E-state index >= 15 is 0 Å². The van der Waals surface area contributed by atoms with Crippen molar-refractivity contribution in [3.05, 3.63) is 62.7 Å². The predicted octanol–water partition coefficient (Wildman–Crippen LogP) is 4.77. The Balaban J connectivity index is 2.15. The van der Waals surface area contributed by atoms with Crippen LogP contribution in [0.2, 0.25) is 0 Å². The molecule has 2 heterocycles. The largest absolute Gasteiger partial charge is 0.497 e. The van der Waals surface area contributed by atoms with Gasteiger partial charge in [0, 0.05) is 29.4 Å². The first-order valence-electron chi connectivity index (χ1n) is 9.62. The van der Waals surface area contributed by atoms with Crippen LogP contribution in [0.1, 0.15) is 31.7 Å². The van der Waals surface area contributed by atoms with Crippen molar-refractivity contribution >= 4 is 32.6 Å². The second kappa shape index (κ2) is 7.15. The van der Waals surface area contributed by atoms with Crippen LogP contribution in [0.15, 0.2) is 50.4 Å². The van der Waals surface area contributed by atoms with Gasteiger partial charge in [0.2, 0.25) is 0 Å². The molecule has 0 saturated carbocycles. The Bertz CT molecular complexity index is 1310. The van der Waals surface area contributed by atoms with Crippen molar-refractivity contribution in [2.24, 2.45) is 0 Å². The second-order valence-electron chi connectivity index (χ2n) is 7.19. The summed E-state index contributed by atoms with van der Waals surface area (Å²) in [6.45, 7) is 4.66. The fourth-order valence-electron chi connectivity index (χ4n) is 3.85. The number of methoxy groups -OCH3 is 1. The topological polar surface area (TPSA) is 61.4 Å². The van der Waals surface area contributed by atoms with Gasteiger partial charge in [0.25, 0.3) is 5.56 Å². The minimum Gasteiger partial charge on any atom is -0.497 e. The third kappa shape index (κ3) is 2.97. The summed E-state index contributed by atoms with van der Waals surface area (Å²) >= 11 is 0. The van der Waals surface area contributed by atoms with Crippen LogP contribution in [-0.2, 0) is 6.54 Å². The highest BCUT2D eigenvalue weighted by molar-refractivity contribution is 6.10. The Labute approximate surface area is 162 Å². The van der Waals surface area contributed by atoms with Gasteiger partial charge in [-0.25, -0.2) is 4.79 Å². The number of aromatic nitrogens is 1. The van der Waals surface area contributed by atoms with Crippen LogP contribution in [-0.4, -0.2) is 11.7 Å². The lowest BCUT2D eigenvalue weighted by molar-refractivity contribution is 0.415. The van der Waals surface area contributed by atoms with Crippen LogP contribution in [0.25, 0.3) is 32.6 Å². The van der Waals surface area contributed by atoms with Gasteiger partial charge in [-0.05, 0) is 48.6 Å². The van der Waals surface area contributed by atoms with Crippen LogP contribution in [0.5, 0.6) is 5.75 Å². The van der Waals surface area contributed by atoms with E-state index in [1.807, 2.05) is 31.2 Å². The first-order chi connectivity index (χ1) is 13.5. The number of aryl methyl sites for hydroxylation is 2. The van der Waals surface area contributed by atoms with Gasteiger partial charge in [-0.2, -0.15) is 0 Å². The first kappa shape index (κ1) is 18.3. The highest BCUT2D eigenvalue weighted by Gasteiger charge is 2.14. The van der Waals surface area contributed by atoms with E-state index in [0.717, 1.165) is 46.5 Å². The average molecular weight is 377 g/mol. The maximum atomic E-state index is 13.3. The maximum absolute atomic E-state index is 13.3. The van der Waals surface area contributed by atoms with Crippen LogP contribution in [0.3, 0.4) is 0 Å². The molecule has 0 aliphatic heterocycles. The summed E-state index contributed by atoms with van der Waals surface area (Å²) in [7, 11) is 1.60. The van der Waals surface area contributed by atoms with Gasteiger partial charge in [-0.15, -0.1) is 0 Å². The van der Waals surface area contributed by atoms with E-state index < -0.39 is 0 Å². The van der Waals surface area contributed by atoms with Crippen molar-refractivity contribution in [2.45, 2.75) is 39.7 Å².